The molecule has 77 heavy (non-hydrogen) atoms. The Hall–Kier alpha value is -5.06. The van der Waals surface area contributed by atoms with Gasteiger partial charge in [0.1, 0.15) is 0 Å². The Labute approximate surface area is 486 Å². The van der Waals surface area contributed by atoms with Gasteiger partial charge in [0.15, 0.2) is 0 Å². The van der Waals surface area contributed by atoms with Crippen LogP contribution >= 0.6 is 69.6 Å². The Kier molecular flexibility index (Phi) is 17.2. The molecule has 4 atom stereocenters. The van der Waals surface area contributed by atoms with E-state index in [-0.39, 0.29) is 67.3 Å². The summed E-state index contributed by atoms with van der Waals surface area (Å²) in [7, 11) is 1.28. The second-order valence-electron chi connectivity index (χ2n) is 19.5. The summed E-state index contributed by atoms with van der Waals surface area (Å²) in [6.07, 6.45) is 2.28. The van der Waals surface area contributed by atoms with E-state index in [1.807, 2.05) is 60.7 Å². The zero-order valence-corrected chi connectivity index (χ0v) is 46.1. The van der Waals surface area contributed by atoms with E-state index < -0.39 is 18.0 Å². The molecule has 6 aromatic carbocycles. The van der Waals surface area contributed by atoms with Crippen LogP contribution in [0.4, 0.5) is 32.3 Å². The van der Waals surface area contributed by atoms with Crippen LogP contribution in [-0.4, -0.2) is 102 Å². The van der Waals surface area contributed by atoms with E-state index in [2.05, 4.69) is 43.2 Å². The van der Waals surface area contributed by atoms with E-state index >= 15 is 0 Å². The molecule has 0 aromatic heterocycles. The molecule has 0 spiro atoms. The van der Waals surface area contributed by atoms with Crippen LogP contribution in [0.3, 0.4) is 0 Å². The van der Waals surface area contributed by atoms with E-state index in [0.29, 0.717) is 64.4 Å². The van der Waals surface area contributed by atoms with Crippen LogP contribution in [0.2, 0.25) is 30.1 Å². The van der Waals surface area contributed by atoms with Gasteiger partial charge in [0.25, 0.3) is 0 Å². The number of carboxylic acid groups (broad SMARTS) is 1. The summed E-state index contributed by atoms with van der Waals surface area (Å²) in [5.41, 5.74) is 9.46. The number of esters is 1. The molecule has 6 N–H and O–H groups in total. The topological polar surface area (TPSA) is 189 Å². The molecule has 394 valence electrons. The number of halogens is 6. The van der Waals surface area contributed by atoms with E-state index in [1.165, 1.54) is 41.2 Å². The molecule has 15 nitrogen and oxygen atoms in total. The Balaban J connectivity index is 0.000000183. The van der Waals surface area contributed by atoms with Crippen LogP contribution in [0.25, 0.3) is 22.3 Å². The monoisotopic (exact) mass is 1150 g/mol. The smallest absolute Gasteiger partial charge is 0.870 e. The van der Waals surface area contributed by atoms with Crippen molar-refractivity contribution in [3.8, 4) is 22.3 Å². The number of anilines is 4. The van der Waals surface area contributed by atoms with Crippen molar-refractivity contribution in [3.05, 3.63) is 161 Å². The molecule has 4 bridgehead atoms. The van der Waals surface area contributed by atoms with Gasteiger partial charge in [0.2, 0.25) is 0 Å². The number of aromatic carboxylic acids is 1. The van der Waals surface area contributed by atoms with Gasteiger partial charge in [-0.2, -0.15) is 0 Å². The number of benzene rings is 6. The molecule has 6 aromatic rings. The van der Waals surface area contributed by atoms with Gasteiger partial charge >= 0.3 is 42.9 Å². The second-order valence-corrected chi connectivity index (χ2v) is 21.9. The SMILES string of the molecule is COC(=O)c1cc(Cl)c(N2C(=O)NCc3c(-c4ccccc4Cl)cc(CN4CC5CC4CN5)cc32)c(Cl)c1.O=C(O)c1cc(Cl)c(N2C(=O)NCc3c(-c4ccccc4Cl)cc(CN4CC5CC4CN5)cc32)c(Cl)c1.[Li+].[OH-]. The number of urea groups is 2. The van der Waals surface area contributed by atoms with Gasteiger partial charge in [-0.05, 0) is 95.8 Å². The molecule has 0 aliphatic carbocycles. The molecule has 4 fully saturated rings. The van der Waals surface area contributed by atoms with Gasteiger partial charge in [-0.15, -0.1) is 0 Å². The quantitative estimate of drug-likeness (QED) is 0.0652. The number of carbonyl (C=O) groups excluding carboxylic acids is 3. The number of amides is 4. The Morgan fingerprint density at radius 3 is 1.34 bits per heavy atom. The molecular formula is C55H49Cl6LiN8O7. The summed E-state index contributed by atoms with van der Waals surface area (Å²) in [4.78, 5) is 58.2. The number of carboxylic acids is 1. The first-order valence-corrected chi connectivity index (χ1v) is 26.6. The number of carbonyl (C=O) groups is 4. The summed E-state index contributed by atoms with van der Waals surface area (Å²) in [6, 6.07) is 30.4. The van der Waals surface area contributed by atoms with Crippen molar-refractivity contribution >= 4 is 116 Å². The average molecular weight is 1150 g/mol. The van der Waals surface area contributed by atoms with Gasteiger partial charge < -0.3 is 36.6 Å². The van der Waals surface area contributed by atoms with Crippen molar-refractivity contribution in [3.63, 3.8) is 0 Å². The summed E-state index contributed by atoms with van der Waals surface area (Å²) < 4.78 is 4.81. The van der Waals surface area contributed by atoms with Crippen molar-refractivity contribution in [2.24, 2.45) is 0 Å². The third-order valence-corrected chi connectivity index (χ3v) is 16.7. The predicted octanol–water partition coefficient (Wildman–Crippen LogP) is 8.75. The maximum absolute atomic E-state index is 13.4. The van der Waals surface area contributed by atoms with Crippen molar-refractivity contribution in [1.29, 1.82) is 0 Å². The number of piperazine rings is 2. The molecule has 6 aliphatic rings. The Morgan fingerprint density at radius 1 is 0.584 bits per heavy atom. The van der Waals surface area contributed by atoms with Crippen LogP contribution in [0.5, 0.6) is 0 Å². The summed E-state index contributed by atoms with van der Waals surface area (Å²) >= 11 is 39.7. The second kappa shape index (κ2) is 23.3. The van der Waals surface area contributed by atoms with Gasteiger partial charge in [0.05, 0.1) is 61.1 Å². The molecule has 4 amide bonds. The molecular weight excluding hydrogens is 1100 g/mol. The number of nitrogens with zero attached hydrogens (tertiary/aromatic N) is 4. The van der Waals surface area contributed by atoms with Crippen molar-refractivity contribution < 1.29 is 53.4 Å². The van der Waals surface area contributed by atoms with Gasteiger partial charge in [-0.1, -0.05) is 106 Å². The van der Waals surface area contributed by atoms with Crippen molar-refractivity contribution in [1.82, 2.24) is 31.1 Å². The minimum Gasteiger partial charge on any atom is -0.870 e. The van der Waals surface area contributed by atoms with E-state index in [1.54, 1.807) is 0 Å². The number of hydrogen-bond acceptors (Lipinski definition) is 10. The maximum Gasteiger partial charge on any atom is 1.00 e. The molecule has 4 unspecified atom stereocenters. The van der Waals surface area contributed by atoms with Crippen LogP contribution in [-0.2, 0) is 30.9 Å². The molecule has 12 rings (SSSR count). The normalized spacial score (nSPS) is 20.0. The fourth-order valence-electron chi connectivity index (χ4n) is 11.4. The molecule has 4 saturated heterocycles. The molecule has 0 saturated carbocycles. The molecule has 22 heteroatoms. The van der Waals surface area contributed by atoms with Crippen molar-refractivity contribution in [2.75, 3.05) is 43.1 Å². The molecule has 6 heterocycles. The number of rotatable bonds is 10. The fraction of sp³-hybridized carbons (Fsp3) is 0.273. The first kappa shape index (κ1) is 56.7. The summed E-state index contributed by atoms with van der Waals surface area (Å²) in [5.74, 6) is -1.72. The summed E-state index contributed by atoms with van der Waals surface area (Å²) in [6.45, 7) is 6.00. The summed E-state index contributed by atoms with van der Waals surface area (Å²) in [5, 5.41) is 24.1. The van der Waals surface area contributed by atoms with E-state index in [4.69, 9.17) is 74.3 Å². The first-order valence-electron chi connectivity index (χ1n) is 24.4. The number of fused-ring (bicyclic) bond motifs is 6. The van der Waals surface area contributed by atoms with Crippen LogP contribution in [0.15, 0.2) is 97.1 Å². The average Bonchev–Trinajstić information content (AvgIpc) is 4.22. The molecule has 6 aliphatic heterocycles. The zero-order valence-electron chi connectivity index (χ0n) is 41.6. The van der Waals surface area contributed by atoms with Crippen molar-refractivity contribution in [2.45, 2.75) is 63.2 Å². The largest absolute Gasteiger partial charge is 1.00 e. The van der Waals surface area contributed by atoms with Gasteiger partial charge in [0, 0.05) is 109 Å². The minimum absolute atomic E-state index is 0. The maximum atomic E-state index is 13.4. The first-order chi connectivity index (χ1) is 36.1. The number of ether oxygens (including phenoxy) is 1. The third-order valence-electron chi connectivity index (χ3n) is 14.9. The number of hydrogen-bond donors (Lipinski definition) is 5. The number of likely N-dealkylation sites (tertiary alicyclic amines) is 2. The zero-order chi connectivity index (χ0) is 52.4. The number of methoxy groups -OCH3 is 1. The molecule has 0 radical (unpaired) electrons. The van der Waals surface area contributed by atoms with Gasteiger partial charge in [-0.3, -0.25) is 19.6 Å². The third kappa shape index (κ3) is 11.0. The number of nitrogens with one attached hydrogen (secondary N) is 4. The van der Waals surface area contributed by atoms with Crippen LogP contribution in [0.1, 0.15) is 55.8 Å². The fourth-order valence-corrected chi connectivity index (χ4v) is 13.2. The van der Waals surface area contributed by atoms with E-state index in [9.17, 15) is 24.3 Å². The Morgan fingerprint density at radius 2 is 0.987 bits per heavy atom. The standard InChI is InChI=1S/C28H25Cl3N4O3.C27H23Cl3N4O3.Li.H2O/c1-38-27(36)16-8-23(30)26(24(31)9-16)35-25-7-15(13-34-14-17-10-18(34)11-32-17)6-20(21(25)12-33-28(35)37)19-4-2-3-5-22(19)29;28-21-4-2-1-3-18(21)19-5-14(12-33-13-16-9-17(33)10-31-16)6-24-20(19)11-32-27(37)34(24)25-22(29)7-15(26(35)36)8-23(25)30;;/h2-9,17-18,32H,10-14H2,1H3,(H,33,37);1-8,16-17,31H,9-13H2,(H,32,37)(H,35,36);;1H2/q;;+1;/p-1. The van der Waals surface area contributed by atoms with E-state index in [0.717, 1.165) is 96.6 Å². The van der Waals surface area contributed by atoms with Crippen LogP contribution < -0.4 is 49.9 Å². The van der Waals surface area contributed by atoms with Crippen LogP contribution in [0, 0.1) is 0 Å². The minimum atomic E-state index is -1.16. The Bertz CT molecular complexity index is 3310. The predicted molar refractivity (Wildman–Crippen MR) is 297 cm³/mol. The van der Waals surface area contributed by atoms with Gasteiger partial charge in [-0.25, -0.2) is 19.2 Å².